The Balaban J connectivity index is 0.00000144. The van der Waals surface area contributed by atoms with Gasteiger partial charge in [0.05, 0.1) is 0 Å². The van der Waals surface area contributed by atoms with Gasteiger partial charge < -0.3 is 15.9 Å². The summed E-state index contributed by atoms with van der Waals surface area (Å²) in [5.74, 6) is -0.603. The van der Waals surface area contributed by atoms with Crippen LogP contribution in [0.25, 0.3) is 0 Å². The van der Waals surface area contributed by atoms with Gasteiger partial charge in [-0.2, -0.15) is 5.21 Å². The summed E-state index contributed by atoms with van der Waals surface area (Å²) in [6.07, 6.45) is 0.684. The van der Waals surface area contributed by atoms with E-state index in [0.717, 1.165) is 0 Å². The van der Waals surface area contributed by atoms with Crippen molar-refractivity contribution in [2.45, 2.75) is 18.9 Å². The molecule has 0 aromatic carbocycles. The van der Waals surface area contributed by atoms with Crippen LogP contribution in [0.5, 0.6) is 0 Å². The number of nitrogens with zero attached hydrogens (tertiary/aromatic N) is 4. The van der Waals surface area contributed by atoms with Crippen molar-refractivity contribution in [2.24, 2.45) is 5.73 Å². The number of carboxylic acid groups (broad SMARTS) is 1. The van der Waals surface area contributed by atoms with Gasteiger partial charge in [-0.05, 0) is 12.8 Å². The fourth-order valence-electron chi connectivity index (χ4n) is 0.671. The van der Waals surface area contributed by atoms with Crippen LogP contribution in [0.3, 0.4) is 0 Å². The maximum Gasteiger partial charge on any atom is 0.320 e. The molecule has 69 valence electrons. The van der Waals surface area contributed by atoms with Crippen LogP contribution in [0.1, 0.15) is 12.2 Å². The predicted octanol–water partition coefficient (Wildman–Crippen LogP) is -1.83. The predicted molar refractivity (Wildman–Crippen MR) is 37.1 cm³/mol. The van der Waals surface area contributed by atoms with E-state index in [0.29, 0.717) is 18.7 Å². The van der Waals surface area contributed by atoms with Crippen molar-refractivity contribution in [3.05, 3.63) is 5.82 Å². The molecular weight excluding hydrogens is 301 g/mol. The molecule has 1 rings (SSSR count). The molecule has 7 nitrogen and oxygen atoms in total. The minimum absolute atomic E-state index is 0. The van der Waals surface area contributed by atoms with Crippen LogP contribution in [0.4, 0.5) is 0 Å². The molecule has 1 aromatic rings. The molecule has 1 radical (unpaired) electrons. The normalized spacial score (nSPS) is 11.8. The molecule has 0 amide bonds. The van der Waals surface area contributed by atoms with Crippen molar-refractivity contribution >= 4 is 5.97 Å². The third kappa shape index (κ3) is 4.46. The summed E-state index contributed by atoms with van der Waals surface area (Å²) in [4.78, 5) is 10.3. The number of aromatic nitrogens is 4. The average molecular weight is 309 g/mol. The summed E-state index contributed by atoms with van der Waals surface area (Å²) in [5.41, 5.74) is 5.24. The third-order valence-electron chi connectivity index (χ3n) is 1.36. The molecule has 0 aliphatic carbocycles. The van der Waals surface area contributed by atoms with Crippen molar-refractivity contribution in [3.8, 4) is 0 Å². The van der Waals surface area contributed by atoms with E-state index in [2.05, 4.69) is 20.6 Å². The molecule has 0 saturated heterocycles. The smallest absolute Gasteiger partial charge is 0.320 e. The van der Waals surface area contributed by atoms with Gasteiger partial charge in [0.25, 0.3) is 0 Å². The number of rotatable bonds is 4. The van der Waals surface area contributed by atoms with Crippen molar-refractivity contribution in [1.29, 1.82) is 0 Å². The van der Waals surface area contributed by atoms with Crippen molar-refractivity contribution in [3.63, 3.8) is 0 Å². The number of hydrogen-bond donors (Lipinski definition) is 2. The Hall–Kier alpha value is -0.305. The summed E-state index contributed by atoms with van der Waals surface area (Å²) in [6, 6.07) is -0.872. The number of tetrazole rings is 1. The van der Waals surface area contributed by atoms with Crippen LogP contribution in [0, 0.1) is 35.6 Å². The number of aliphatic carboxylic acids is 1. The first kappa shape index (κ1) is 12.7. The van der Waals surface area contributed by atoms with Crippen LogP contribution in [-0.2, 0) is 11.2 Å². The zero-order valence-corrected chi connectivity index (χ0v) is 10.4. The van der Waals surface area contributed by atoms with Gasteiger partial charge in [0.15, 0.2) is 0 Å². The first-order chi connectivity index (χ1) is 5.70. The number of nitrogens with two attached hydrogens (primary N) is 1. The number of carboxylic acids is 1. The van der Waals surface area contributed by atoms with Gasteiger partial charge in [-0.1, -0.05) is 0 Å². The molecule has 1 aromatic heterocycles. The van der Waals surface area contributed by atoms with Crippen molar-refractivity contribution in [1.82, 2.24) is 20.6 Å². The van der Waals surface area contributed by atoms with Gasteiger partial charge in [0.1, 0.15) is 6.04 Å². The largest absolute Gasteiger partial charge is 0.480 e. The van der Waals surface area contributed by atoms with E-state index in [1.54, 1.807) is 0 Å². The van der Waals surface area contributed by atoms with Gasteiger partial charge in [0.2, 0.25) is 0 Å². The van der Waals surface area contributed by atoms with E-state index in [4.69, 9.17) is 10.8 Å². The van der Waals surface area contributed by atoms with Crippen LogP contribution < -0.4 is 10.8 Å². The quantitative estimate of drug-likeness (QED) is 0.672. The molecule has 0 saturated carbocycles. The Kier molecular flexibility index (Phi) is 6.05. The summed E-state index contributed by atoms with van der Waals surface area (Å²) in [6.45, 7) is 0. The Bertz CT molecular complexity index is 251. The molecule has 3 N–H and O–H groups in total. The van der Waals surface area contributed by atoms with E-state index in [1.807, 2.05) is 0 Å². The second-order valence-electron chi connectivity index (χ2n) is 2.28. The van der Waals surface area contributed by atoms with Gasteiger partial charge in [-0.3, -0.25) is 15.1 Å². The van der Waals surface area contributed by atoms with E-state index < -0.39 is 12.0 Å². The topological polar surface area (TPSA) is 116 Å². The minimum atomic E-state index is -1.03. The molecule has 0 spiro atoms. The fraction of sp³-hybridized carbons (Fsp3) is 0.600. The molecule has 0 aliphatic heterocycles. The molecule has 8 heteroatoms. The molecule has 1 atom stereocenters. The second kappa shape index (κ2) is 6.19. The van der Waals surface area contributed by atoms with Crippen LogP contribution in [-0.4, -0.2) is 32.6 Å². The SMILES string of the molecule is N[C@@H](CCc1nnn[n-]1)C(=O)O.[La]. The van der Waals surface area contributed by atoms with Gasteiger partial charge in [-0.15, -0.1) is 0 Å². The van der Waals surface area contributed by atoms with Crippen LogP contribution >= 0.6 is 0 Å². The van der Waals surface area contributed by atoms with Gasteiger partial charge in [-0.25, -0.2) is 0 Å². The first-order valence-corrected chi connectivity index (χ1v) is 3.36. The van der Waals surface area contributed by atoms with E-state index in [1.165, 1.54) is 0 Å². The molecule has 0 fully saturated rings. The molecule has 0 aliphatic rings. The standard InChI is InChI=1S/C5H9N5O2.La/c6-3(5(11)12)1-2-4-7-9-10-8-4;/h3H,1-2,6H2,(H2,7,8,9,10,11,12);/p-1/t3-;/m0./s1. The molecular formula is C5H8LaN5O2-. The summed E-state index contributed by atoms with van der Waals surface area (Å²) >= 11 is 0. The molecule has 13 heavy (non-hydrogen) atoms. The van der Waals surface area contributed by atoms with Crippen molar-refractivity contribution in [2.75, 3.05) is 0 Å². The second-order valence-corrected chi connectivity index (χ2v) is 2.28. The number of hydrogen-bond acceptors (Lipinski definition) is 5. The van der Waals surface area contributed by atoms with E-state index in [-0.39, 0.29) is 35.6 Å². The van der Waals surface area contributed by atoms with E-state index >= 15 is 0 Å². The van der Waals surface area contributed by atoms with Crippen LogP contribution in [0.15, 0.2) is 0 Å². The van der Waals surface area contributed by atoms with Gasteiger partial charge in [0, 0.05) is 41.4 Å². The Labute approximate surface area is 102 Å². The first-order valence-electron chi connectivity index (χ1n) is 3.36. The summed E-state index contributed by atoms with van der Waals surface area (Å²) in [5, 5.41) is 22.0. The average Bonchev–Trinajstić information content (AvgIpc) is 2.51. The monoisotopic (exact) mass is 309 g/mol. The fourth-order valence-corrected chi connectivity index (χ4v) is 0.671. The maximum atomic E-state index is 10.3. The Morgan fingerprint density at radius 3 is 2.85 bits per heavy atom. The summed E-state index contributed by atoms with van der Waals surface area (Å²) < 4.78 is 0. The van der Waals surface area contributed by atoms with Gasteiger partial charge >= 0.3 is 5.97 Å². The molecule has 0 unspecified atom stereocenters. The third-order valence-corrected chi connectivity index (χ3v) is 1.36. The van der Waals surface area contributed by atoms with E-state index in [9.17, 15) is 4.79 Å². The minimum Gasteiger partial charge on any atom is -0.480 e. The number of carbonyl (C=O) groups is 1. The maximum absolute atomic E-state index is 10.3. The Morgan fingerprint density at radius 2 is 2.38 bits per heavy atom. The van der Waals surface area contributed by atoms with Crippen LogP contribution in [0.2, 0.25) is 0 Å². The molecule has 1 heterocycles. The van der Waals surface area contributed by atoms with Crippen molar-refractivity contribution < 1.29 is 45.5 Å². The Morgan fingerprint density at radius 1 is 1.69 bits per heavy atom. The summed E-state index contributed by atoms with van der Waals surface area (Å²) in [7, 11) is 0. The molecule has 0 bridgehead atoms. The number of aryl methyl sites for hydroxylation is 1. The zero-order chi connectivity index (χ0) is 8.97. The zero-order valence-electron chi connectivity index (χ0n) is 6.79.